The zero-order valence-corrected chi connectivity index (χ0v) is 24.6. The van der Waals surface area contributed by atoms with Gasteiger partial charge in [-0.15, -0.1) is 0 Å². The third-order valence-electron chi connectivity index (χ3n) is 5.56. The number of unbranched alkanes of at least 4 members (excludes halogenated alkanes) is 1. The van der Waals surface area contributed by atoms with Gasteiger partial charge in [-0.25, -0.2) is 4.79 Å². The van der Waals surface area contributed by atoms with Gasteiger partial charge in [0, 0.05) is 30.0 Å². The molecule has 0 saturated heterocycles. The molecule has 2 aromatic rings. The van der Waals surface area contributed by atoms with Crippen molar-refractivity contribution >= 4 is 35.2 Å². The Morgan fingerprint density at radius 1 is 0.833 bits per heavy atom. The fourth-order valence-electron chi connectivity index (χ4n) is 3.63. The van der Waals surface area contributed by atoms with Gasteiger partial charge in [0.05, 0.1) is 19.8 Å². The van der Waals surface area contributed by atoms with Crippen LogP contribution in [0.5, 0.6) is 0 Å². The van der Waals surface area contributed by atoms with E-state index in [9.17, 15) is 19.2 Å². The molecule has 4 amide bonds. The Labute approximate surface area is 247 Å². The molecule has 0 radical (unpaired) electrons. The fraction of sp³-hybridized carbons (Fsp3) is 0.467. The van der Waals surface area contributed by atoms with Crippen LogP contribution in [0.2, 0.25) is 0 Å². The van der Waals surface area contributed by atoms with E-state index in [0.29, 0.717) is 62.5 Å². The molecule has 0 bridgehead atoms. The second kappa shape index (κ2) is 18.4. The van der Waals surface area contributed by atoms with Crippen LogP contribution in [0.15, 0.2) is 54.6 Å². The molecular weight excluding hydrogens is 542 g/mol. The van der Waals surface area contributed by atoms with Gasteiger partial charge < -0.3 is 35.9 Å². The first-order valence-electron chi connectivity index (χ1n) is 14.0. The number of hydrogen-bond donors (Lipinski definition) is 5. The number of anilines is 2. The van der Waals surface area contributed by atoms with Gasteiger partial charge in [0.2, 0.25) is 11.8 Å². The summed E-state index contributed by atoms with van der Waals surface area (Å²) in [7, 11) is 0. The zero-order valence-electron chi connectivity index (χ0n) is 24.6. The number of carbonyl (C=O) groups is 4. The average Bonchev–Trinajstić information content (AvgIpc) is 2.93. The zero-order chi connectivity index (χ0) is 30.8. The highest BCUT2D eigenvalue weighted by molar-refractivity contribution is 5.97. The second-order valence-electron chi connectivity index (χ2n) is 10.4. The van der Waals surface area contributed by atoms with Crippen LogP contribution in [0.1, 0.15) is 50.4 Å². The Morgan fingerprint density at radius 2 is 1.50 bits per heavy atom. The summed E-state index contributed by atoms with van der Waals surface area (Å²) >= 11 is 0. The lowest BCUT2D eigenvalue weighted by atomic mass is 10.1. The number of benzene rings is 2. The molecular formula is C30H43N5O7. The molecule has 0 fully saturated rings. The van der Waals surface area contributed by atoms with E-state index in [1.54, 1.807) is 69.3 Å². The molecule has 12 nitrogen and oxygen atoms in total. The van der Waals surface area contributed by atoms with Crippen molar-refractivity contribution < 1.29 is 33.4 Å². The number of carbonyl (C=O) groups excluding carboxylic acids is 4. The first-order valence-corrected chi connectivity index (χ1v) is 14.0. The van der Waals surface area contributed by atoms with Crippen LogP contribution in [-0.2, 0) is 23.8 Å². The Morgan fingerprint density at radius 3 is 2.17 bits per heavy atom. The van der Waals surface area contributed by atoms with E-state index in [1.807, 2.05) is 6.07 Å². The molecule has 230 valence electrons. The standard InChI is InChI=1S/C30H43N5O7/c1-30(2,3)42-29(39)34-24-14-12-22(13-15-24)27(37)32-17-8-7-11-25(28(38)33-23-9-5-4-6-10-23)35-26(36)21-41-20-19-40-18-16-31/h4-6,9-10,12-15,25H,7-8,11,16-21,31H2,1-3H3,(H,32,37)(H,33,38)(H,34,39)(H,35,36)/t25-/m0/s1. The predicted octanol–water partition coefficient (Wildman–Crippen LogP) is 3.05. The predicted molar refractivity (Wildman–Crippen MR) is 160 cm³/mol. The number of rotatable bonds is 17. The molecule has 2 rings (SSSR count). The van der Waals surface area contributed by atoms with Crippen LogP contribution in [0.25, 0.3) is 0 Å². The quantitative estimate of drug-likeness (QED) is 0.176. The molecule has 0 aliphatic heterocycles. The van der Waals surface area contributed by atoms with E-state index in [-0.39, 0.29) is 25.0 Å². The monoisotopic (exact) mass is 585 g/mol. The molecule has 0 aromatic heterocycles. The lowest BCUT2D eigenvalue weighted by molar-refractivity contribution is -0.130. The van der Waals surface area contributed by atoms with Crippen molar-refractivity contribution in [2.45, 2.75) is 51.7 Å². The van der Waals surface area contributed by atoms with Crippen LogP contribution in [-0.4, -0.2) is 75.0 Å². The Hall–Kier alpha value is -4.00. The van der Waals surface area contributed by atoms with Crippen LogP contribution in [0.3, 0.4) is 0 Å². The van der Waals surface area contributed by atoms with Crippen LogP contribution in [0, 0.1) is 0 Å². The minimum Gasteiger partial charge on any atom is -0.444 e. The Bertz CT molecular complexity index is 1120. The van der Waals surface area contributed by atoms with Crippen molar-refractivity contribution in [1.82, 2.24) is 10.6 Å². The Kier molecular flexibility index (Phi) is 15.0. The van der Waals surface area contributed by atoms with Gasteiger partial charge in [-0.1, -0.05) is 18.2 Å². The van der Waals surface area contributed by atoms with Gasteiger partial charge >= 0.3 is 6.09 Å². The van der Waals surface area contributed by atoms with Crippen LogP contribution in [0.4, 0.5) is 16.2 Å². The lowest BCUT2D eigenvalue weighted by Gasteiger charge is -2.19. The van der Waals surface area contributed by atoms with E-state index in [2.05, 4.69) is 21.3 Å². The van der Waals surface area contributed by atoms with E-state index < -0.39 is 23.6 Å². The summed E-state index contributed by atoms with van der Waals surface area (Å²) < 4.78 is 15.7. The maximum absolute atomic E-state index is 12.9. The number of amides is 4. The van der Waals surface area contributed by atoms with Crippen molar-refractivity contribution in [3.63, 3.8) is 0 Å². The van der Waals surface area contributed by atoms with Gasteiger partial charge in [0.25, 0.3) is 5.91 Å². The van der Waals surface area contributed by atoms with Crippen molar-refractivity contribution in [1.29, 1.82) is 0 Å². The molecule has 2 aromatic carbocycles. The first kappa shape index (κ1) is 34.2. The highest BCUT2D eigenvalue weighted by Crippen LogP contribution is 2.13. The largest absolute Gasteiger partial charge is 0.444 e. The Balaban J connectivity index is 1.79. The number of ether oxygens (including phenoxy) is 3. The SMILES string of the molecule is CC(C)(C)OC(=O)Nc1ccc(C(=O)NCCCC[C@H](NC(=O)COCCOCCN)C(=O)Nc2ccccc2)cc1. The van der Waals surface area contributed by atoms with Crippen LogP contribution >= 0.6 is 0 Å². The molecule has 6 N–H and O–H groups in total. The van der Waals surface area contributed by atoms with E-state index in [1.165, 1.54) is 0 Å². The molecule has 0 saturated carbocycles. The van der Waals surface area contributed by atoms with Crippen molar-refractivity contribution in [3.05, 3.63) is 60.2 Å². The minimum atomic E-state index is -0.782. The topological polar surface area (TPSA) is 170 Å². The third-order valence-corrected chi connectivity index (χ3v) is 5.56. The average molecular weight is 586 g/mol. The molecule has 0 spiro atoms. The highest BCUT2D eigenvalue weighted by atomic mass is 16.6. The van der Waals surface area contributed by atoms with Gasteiger partial charge in [0.1, 0.15) is 18.2 Å². The number of nitrogens with two attached hydrogens (primary N) is 1. The lowest BCUT2D eigenvalue weighted by Crippen LogP contribution is -2.45. The molecule has 1 atom stereocenters. The fourth-order valence-corrected chi connectivity index (χ4v) is 3.63. The van der Waals surface area contributed by atoms with E-state index in [4.69, 9.17) is 19.9 Å². The summed E-state index contributed by atoms with van der Waals surface area (Å²) in [5.41, 5.74) is 6.31. The summed E-state index contributed by atoms with van der Waals surface area (Å²) in [5.74, 6) is -1.03. The van der Waals surface area contributed by atoms with Gasteiger partial charge in [-0.2, -0.15) is 0 Å². The van der Waals surface area contributed by atoms with Gasteiger partial charge in [-0.05, 0) is 76.4 Å². The maximum atomic E-state index is 12.9. The minimum absolute atomic E-state index is 0.205. The van der Waals surface area contributed by atoms with E-state index >= 15 is 0 Å². The molecule has 0 unspecified atom stereocenters. The molecule has 42 heavy (non-hydrogen) atoms. The second-order valence-corrected chi connectivity index (χ2v) is 10.4. The summed E-state index contributed by atoms with van der Waals surface area (Å²) in [6, 6.07) is 14.6. The highest BCUT2D eigenvalue weighted by Gasteiger charge is 2.21. The van der Waals surface area contributed by atoms with Gasteiger partial charge in [-0.3, -0.25) is 19.7 Å². The smallest absolute Gasteiger partial charge is 0.412 e. The van der Waals surface area contributed by atoms with Crippen LogP contribution < -0.4 is 27.0 Å². The maximum Gasteiger partial charge on any atom is 0.412 e. The molecule has 0 aliphatic rings. The number of para-hydroxylation sites is 1. The van der Waals surface area contributed by atoms with Gasteiger partial charge in [0.15, 0.2) is 0 Å². The molecule has 12 heteroatoms. The van der Waals surface area contributed by atoms with Crippen molar-refractivity contribution in [3.8, 4) is 0 Å². The first-order chi connectivity index (χ1) is 20.1. The molecule has 0 aliphatic carbocycles. The summed E-state index contributed by atoms with van der Waals surface area (Å²) in [6.45, 7) is 6.87. The number of nitrogens with one attached hydrogen (secondary N) is 4. The summed E-state index contributed by atoms with van der Waals surface area (Å²) in [6.07, 6.45) is 0.946. The van der Waals surface area contributed by atoms with Crippen molar-refractivity contribution in [2.75, 3.05) is 50.2 Å². The molecule has 0 heterocycles. The van der Waals surface area contributed by atoms with E-state index in [0.717, 1.165) is 0 Å². The third kappa shape index (κ3) is 14.6. The summed E-state index contributed by atoms with van der Waals surface area (Å²) in [5, 5.41) is 11.0. The summed E-state index contributed by atoms with van der Waals surface area (Å²) in [4.78, 5) is 49.8. The number of hydrogen-bond acceptors (Lipinski definition) is 8. The normalized spacial score (nSPS) is 11.7. The van der Waals surface area contributed by atoms with Crippen molar-refractivity contribution in [2.24, 2.45) is 5.73 Å².